The molecule has 0 spiro atoms. The molecule has 0 radical (unpaired) electrons. The van der Waals surface area contributed by atoms with Crippen molar-refractivity contribution in [3.63, 3.8) is 0 Å². The molecule has 1 N–H and O–H groups in total. The average molecular weight is 220 g/mol. The second kappa shape index (κ2) is 4.88. The fourth-order valence-electron chi connectivity index (χ4n) is 2.10. The third-order valence-corrected chi connectivity index (χ3v) is 3.02. The highest BCUT2D eigenvalue weighted by atomic mass is 19.3. The van der Waals surface area contributed by atoms with E-state index in [4.69, 9.17) is 0 Å². The minimum Gasteiger partial charge on any atom is -0.338 e. The van der Waals surface area contributed by atoms with Crippen molar-refractivity contribution in [3.05, 3.63) is 0 Å². The summed E-state index contributed by atoms with van der Waals surface area (Å²) in [5.41, 5.74) is -0.594. The number of hydrogen-bond donors (Lipinski definition) is 1. The number of rotatable bonds is 4. The highest BCUT2D eigenvalue weighted by molar-refractivity contribution is 5.86. The van der Waals surface area contributed by atoms with Crippen molar-refractivity contribution in [2.45, 2.75) is 38.2 Å². The van der Waals surface area contributed by atoms with Crippen LogP contribution in [-0.2, 0) is 4.79 Å². The van der Waals surface area contributed by atoms with Crippen LogP contribution in [0.25, 0.3) is 0 Å². The zero-order valence-electron chi connectivity index (χ0n) is 9.22. The summed E-state index contributed by atoms with van der Waals surface area (Å²) in [5, 5.41) is 3.14. The molecule has 1 unspecified atom stereocenters. The molecule has 1 saturated heterocycles. The first kappa shape index (κ1) is 12.4. The summed E-state index contributed by atoms with van der Waals surface area (Å²) in [4.78, 5) is 13.1. The zero-order valence-corrected chi connectivity index (χ0v) is 9.22. The molecule has 3 nitrogen and oxygen atoms in total. The molecule has 0 bridgehead atoms. The van der Waals surface area contributed by atoms with E-state index in [-0.39, 0.29) is 5.91 Å². The molecule has 0 aliphatic carbocycles. The molecule has 1 fully saturated rings. The van der Waals surface area contributed by atoms with E-state index in [1.54, 1.807) is 0 Å². The van der Waals surface area contributed by atoms with Gasteiger partial charge < -0.3 is 10.2 Å². The molecule has 1 rings (SSSR count). The first-order valence-electron chi connectivity index (χ1n) is 5.30. The van der Waals surface area contributed by atoms with Crippen LogP contribution in [0.4, 0.5) is 8.78 Å². The van der Waals surface area contributed by atoms with Crippen LogP contribution < -0.4 is 5.32 Å². The molecule has 1 atom stereocenters. The summed E-state index contributed by atoms with van der Waals surface area (Å²) in [7, 11) is 1.44. The van der Waals surface area contributed by atoms with Crippen molar-refractivity contribution in [2.75, 3.05) is 20.1 Å². The van der Waals surface area contributed by atoms with Crippen LogP contribution in [0.5, 0.6) is 0 Å². The predicted molar refractivity (Wildman–Crippen MR) is 53.9 cm³/mol. The molecular weight excluding hydrogens is 202 g/mol. The van der Waals surface area contributed by atoms with Crippen molar-refractivity contribution in [1.29, 1.82) is 0 Å². The minimum atomic E-state index is -2.46. The molecule has 0 saturated carbocycles. The van der Waals surface area contributed by atoms with Crippen molar-refractivity contribution < 1.29 is 13.6 Å². The summed E-state index contributed by atoms with van der Waals surface area (Å²) in [6.45, 7) is 2.22. The van der Waals surface area contributed by atoms with Gasteiger partial charge in [0, 0.05) is 7.05 Å². The van der Waals surface area contributed by atoms with Gasteiger partial charge in [-0.3, -0.25) is 4.79 Å². The Bertz CT molecular complexity index is 227. The molecular formula is C10H18F2N2O. The van der Waals surface area contributed by atoms with Gasteiger partial charge in [0.05, 0.1) is 12.1 Å². The fourth-order valence-corrected chi connectivity index (χ4v) is 2.10. The summed E-state index contributed by atoms with van der Waals surface area (Å²) < 4.78 is 24.3. The zero-order chi connectivity index (χ0) is 11.5. The third-order valence-electron chi connectivity index (χ3n) is 3.02. The van der Waals surface area contributed by atoms with Gasteiger partial charge in [0.1, 0.15) is 0 Å². The van der Waals surface area contributed by atoms with E-state index >= 15 is 0 Å². The lowest BCUT2D eigenvalue weighted by atomic mass is 9.92. The van der Waals surface area contributed by atoms with E-state index in [1.807, 2.05) is 6.92 Å². The Labute approximate surface area is 88.8 Å². The van der Waals surface area contributed by atoms with Gasteiger partial charge in [-0.15, -0.1) is 0 Å². The Morgan fingerprint density at radius 3 is 2.67 bits per heavy atom. The third kappa shape index (κ3) is 2.65. The minimum absolute atomic E-state index is 0.206. The standard InChI is InChI=1S/C10H18F2N2O/c1-3-10(5-4-6-13-10)9(15)14(2)7-8(11)12/h8,13H,3-7H2,1-2H3. The number of likely N-dealkylation sites (N-methyl/N-ethyl adjacent to an activating group) is 1. The number of carbonyl (C=O) groups is 1. The largest absolute Gasteiger partial charge is 0.338 e. The molecule has 0 aromatic carbocycles. The topological polar surface area (TPSA) is 32.3 Å². The second-order valence-electron chi connectivity index (χ2n) is 4.04. The van der Waals surface area contributed by atoms with E-state index in [2.05, 4.69) is 5.32 Å². The van der Waals surface area contributed by atoms with E-state index in [0.717, 1.165) is 24.3 Å². The molecule has 1 heterocycles. The van der Waals surface area contributed by atoms with Crippen LogP contribution in [0.2, 0.25) is 0 Å². The number of alkyl halides is 2. The summed E-state index contributed by atoms with van der Waals surface area (Å²) in [6.07, 6.45) is -0.133. The SMILES string of the molecule is CCC1(C(=O)N(C)CC(F)F)CCCN1. The number of nitrogens with one attached hydrogen (secondary N) is 1. The molecule has 0 aromatic heterocycles. The van der Waals surface area contributed by atoms with Crippen LogP contribution in [0.15, 0.2) is 0 Å². The maximum atomic E-state index is 12.1. The van der Waals surface area contributed by atoms with Gasteiger partial charge >= 0.3 is 0 Å². The molecule has 1 aliphatic heterocycles. The Morgan fingerprint density at radius 2 is 2.27 bits per heavy atom. The van der Waals surface area contributed by atoms with Crippen LogP contribution in [0.1, 0.15) is 26.2 Å². The van der Waals surface area contributed by atoms with Crippen molar-refractivity contribution in [3.8, 4) is 0 Å². The maximum Gasteiger partial charge on any atom is 0.255 e. The van der Waals surface area contributed by atoms with Crippen LogP contribution >= 0.6 is 0 Å². The normalized spacial score (nSPS) is 25.9. The number of hydrogen-bond acceptors (Lipinski definition) is 2. The predicted octanol–water partition coefficient (Wildman–Crippen LogP) is 1.24. The molecule has 1 amide bonds. The number of halogens is 2. The summed E-state index contributed by atoms with van der Waals surface area (Å²) in [5.74, 6) is -0.206. The van der Waals surface area contributed by atoms with Gasteiger partial charge in [-0.2, -0.15) is 0 Å². The van der Waals surface area contributed by atoms with Crippen LogP contribution in [0, 0.1) is 0 Å². The van der Waals surface area contributed by atoms with Gasteiger partial charge in [0.25, 0.3) is 6.43 Å². The maximum absolute atomic E-state index is 12.1. The fraction of sp³-hybridized carbons (Fsp3) is 0.900. The van der Waals surface area contributed by atoms with Crippen molar-refractivity contribution in [1.82, 2.24) is 10.2 Å². The summed E-state index contributed by atoms with van der Waals surface area (Å²) in [6, 6.07) is 0. The van der Waals surface area contributed by atoms with Gasteiger partial charge in [-0.25, -0.2) is 8.78 Å². The molecule has 5 heteroatoms. The number of nitrogens with zero attached hydrogens (tertiary/aromatic N) is 1. The quantitative estimate of drug-likeness (QED) is 0.773. The Hall–Kier alpha value is -0.710. The number of carbonyl (C=O) groups excluding carboxylic acids is 1. The lowest BCUT2D eigenvalue weighted by Crippen LogP contribution is -2.54. The molecule has 15 heavy (non-hydrogen) atoms. The van der Waals surface area contributed by atoms with Gasteiger partial charge in [0.2, 0.25) is 5.91 Å². The van der Waals surface area contributed by atoms with Crippen molar-refractivity contribution >= 4 is 5.91 Å². The van der Waals surface area contributed by atoms with E-state index in [0.29, 0.717) is 6.42 Å². The van der Waals surface area contributed by atoms with E-state index in [9.17, 15) is 13.6 Å². The second-order valence-corrected chi connectivity index (χ2v) is 4.04. The van der Waals surface area contributed by atoms with Crippen LogP contribution in [0.3, 0.4) is 0 Å². The average Bonchev–Trinajstić information content (AvgIpc) is 2.65. The van der Waals surface area contributed by atoms with E-state index < -0.39 is 18.5 Å². The monoisotopic (exact) mass is 220 g/mol. The lowest BCUT2D eigenvalue weighted by Gasteiger charge is -2.31. The number of amides is 1. The Morgan fingerprint density at radius 1 is 1.60 bits per heavy atom. The Balaban J connectivity index is 2.64. The first-order valence-corrected chi connectivity index (χ1v) is 5.30. The first-order chi connectivity index (χ1) is 7.02. The smallest absolute Gasteiger partial charge is 0.255 e. The van der Waals surface area contributed by atoms with E-state index in [1.165, 1.54) is 7.05 Å². The molecule has 0 aromatic rings. The lowest BCUT2D eigenvalue weighted by molar-refractivity contribution is -0.138. The Kier molecular flexibility index (Phi) is 4.02. The molecule has 88 valence electrons. The van der Waals surface area contributed by atoms with Gasteiger partial charge in [-0.1, -0.05) is 6.92 Å². The highest BCUT2D eigenvalue weighted by Gasteiger charge is 2.41. The molecule has 1 aliphatic rings. The van der Waals surface area contributed by atoms with Gasteiger partial charge in [-0.05, 0) is 25.8 Å². The summed E-state index contributed by atoms with van der Waals surface area (Å²) >= 11 is 0. The highest BCUT2D eigenvalue weighted by Crippen LogP contribution is 2.25. The van der Waals surface area contributed by atoms with Gasteiger partial charge in [0.15, 0.2) is 0 Å². The van der Waals surface area contributed by atoms with Crippen LogP contribution in [-0.4, -0.2) is 42.9 Å². The van der Waals surface area contributed by atoms with Crippen molar-refractivity contribution in [2.24, 2.45) is 0 Å².